The lowest BCUT2D eigenvalue weighted by Crippen LogP contribution is -2.61. The number of carbonyl (C=O) groups is 7. The highest BCUT2D eigenvalue weighted by Crippen LogP contribution is 2.38. The van der Waals surface area contributed by atoms with Crippen molar-refractivity contribution in [3.05, 3.63) is 65.6 Å². The summed E-state index contributed by atoms with van der Waals surface area (Å²) >= 11 is 0. The smallest absolute Gasteiger partial charge is 0.407 e. The van der Waals surface area contributed by atoms with Crippen molar-refractivity contribution in [2.75, 3.05) is 72.2 Å². The zero-order valence-corrected chi connectivity index (χ0v) is 53.9. The molecule has 4 aliphatic heterocycles. The van der Waals surface area contributed by atoms with Gasteiger partial charge in [-0.15, -0.1) is 0 Å². The summed E-state index contributed by atoms with van der Waals surface area (Å²) in [6.45, 7) is 17.9. The van der Waals surface area contributed by atoms with Crippen LogP contribution in [-0.2, 0) is 68.5 Å². The van der Waals surface area contributed by atoms with Gasteiger partial charge in [-0.1, -0.05) is 71.1 Å². The van der Waals surface area contributed by atoms with Crippen LogP contribution in [0.15, 0.2) is 60.0 Å². The SMILES string of the molecule is CCOCCC(=O)N1CCN(c2ncc(CNC(=O)O[C@@H]3CC[C@@H](C[C@@H](C)[C@@H]4CC(=O)[C@H](C)/C=C(\C)[C@@H](O)[C@@H](OC)C(=O)[C@H](C)C[C@H](C)/C=C/C=C/C=C(\C)[C@@H](OC)C[C@@H]5CC[C@@H](C)[C@@](O)(O5)C(=O)C(=O)N5CCCC[C@H]5C(=O)O4)C[C@H]3OC)cn2)CC1. The summed E-state index contributed by atoms with van der Waals surface area (Å²) < 4.78 is 41.3. The number of hydrogen-bond donors (Lipinski definition) is 3. The van der Waals surface area contributed by atoms with Gasteiger partial charge >= 0.3 is 12.1 Å². The van der Waals surface area contributed by atoms with Gasteiger partial charge in [-0.3, -0.25) is 24.0 Å². The molecule has 6 rings (SSSR count). The second-order valence-corrected chi connectivity index (χ2v) is 25.0. The Kier molecular flexibility index (Phi) is 27.9. The van der Waals surface area contributed by atoms with Gasteiger partial charge in [0.15, 0.2) is 5.78 Å². The topological polar surface area (TPSA) is 272 Å². The van der Waals surface area contributed by atoms with Crippen molar-refractivity contribution in [3.63, 3.8) is 0 Å². The standard InChI is InChI=1S/C66H100N6O16/c1-12-85-31-25-57(74)70-27-29-71(30-28-70)64-67-38-49(39-68-64)40-69-65(80)87-53-24-22-48(35-56(53)83-10)34-44(5)55-37-52(73)43(4)33-46(7)59(76)60(84-11)58(75)45(6)32-41(2)18-14-13-15-19-42(3)54(82-9)36-50-23-21-47(8)66(81,88-50)61(77)62(78)72-26-17-16-20-51(72)63(79)86-55/h13-15,18-19,33,38-39,41,43-45,47-48,50-51,53-56,59-60,76,81H,12,16-17,20-32,34-37,40H2,1-11H3,(H,69,80)/b15-13+,18-14+,42-19+,46-33+/t41-,43-,44-,45-,47-,48+,50+,51+,53-,54+,55+,56-,59-,60+,66-/m1/s1. The number of piperidine rings is 1. The first-order chi connectivity index (χ1) is 42.0. The fraction of sp³-hybridized carbons (Fsp3) is 0.712. The van der Waals surface area contributed by atoms with Crippen LogP contribution in [0.3, 0.4) is 0 Å². The normalized spacial score (nSPS) is 33.9. The second-order valence-electron chi connectivity index (χ2n) is 25.0. The van der Waals surface area contributed by atoms with Crippen molar-refractivity contribution >= 4 is 47.2 Å². The fourth-order valence-electron chi connectivity index (χ4n) is 12.8. The van der Waals surface area contributed by atoms with Gasteiger partial charge < -0.3 is 63.4 Å². The zero-order valence-electron chi connectivity index (χ0n) is 53.9. The maximum atomic E-state index is 14.7. The maximum absolute atomic E-state index is 14.7. The molecule has 1 aromatic rings. The molecule has 2 bridgehead atoms. The number of nitrogens with one attached hydrogen (secondary N) is 1. The molecule has 5 heterocycles. The van der Waals surface area contributed by atoms with Crippen LogP contribution in [0.4, 0.5) is 10.7 Å². The average molecular weight is 1230 g/mol. The molecular formula is C66H100N6O16. The number of fused-ring (bicyclic) bond motifs is 3. The number of aliphatic hydroxyl groups is 2. The first-order valence-corrected chi connectivity index (χ1v) is 31.9. The minimum Gasteiger partial charge on any atom is -0.460 e. The van der Waals surface area contributed by atoms with Gasteiger partial charge in [0.2, 0.25) is 17.6 Å². The highest BCUT2D eigenvalue weighted by molar-refractivity contribution is 6.39. The highest BCUT2D eigenvalue weighted by atomic mass is 16.6. The third kappa shape index (κ3) is 19.6. The molecular weight excluding hydrogens is 1130 g/mol. The van der Waals surface area contributed by atoms with Gasteiger partial charge in [0.25, 0.3) is 11.7 Å². The molecule has 3 amide bonds. The molecule has 0 unspecified atom stereocenters. The average Bonchev–Trinajstić information content (AvgIpc) is 1.16. The highest BCUT2D eigenvalue weighted by Gasteiger charge is 2.53. The van der Waals surface area contributed by atoms with Crippen molar-refractivity contribution in [2.24, 2.45) is 35.5 Å². The predicted molar refractivity (Wildman–Crippen MR) is 328 cm³/mol. The zero-order chi connectivity index (χ0) is 64.2. The lowest BCUT2D eigenvalue weighted by molar-refractivity contribution is -0.265. The number of aliphatic hydroxyl groups excluding tert-OH is 1. The Bertz CT molecular complexity index is 2620. The predicted octanol–water partition coefficient (Wildman–Crippen LogP) is 6.98. The van der Waals surface area contributed by atoms with Crippen molar-refractivity contribution in [1.29, 1.82) is 0 Å². The number of esters is 1. The van der Waals surface area contributed by atoms with E-state index in [-0.39, 0.29) is 55.2 Å². The van der Waals surface area contributed by atoms with Crippen LogP contribution >= 0.6 is 0 Å². The lowest BCUT2D eigenvalue weighted by Gasteiger charge is -2.42. The number of nitrogens with zero attached hydrogens (tertiary/aromatic N) is 5. The van der Waals surface area contributed by atoms with E-state index in [1.54, 1.807) is 60.4 Å². The molecule has 1 aliphatic carbocycles. The van der Waals surface area contributed by atoms with Crippen LogP contribution in [-0.4, -0.2) is 193 Å². The van der Waals surface area contributed by atoms with Crippen molar-refractivity contribution < 1.29 is 76.9 Å². The van der Waals surface area contributed by atoms with Gasteiger partial charge in [-0.25, -0.2) is 19.6 Å². The van der Waals surface area contributed by atoms with Gasteiger partial charge in [0.1, 0.15) is 36.2 Å². The Morgan fingerprint density at radius 1 is 0.841 bits per heavy atom. The van der Waals surface area contributed by atoms with E-state index in [1.807, 2.05) is 67.9 Å². The quantitative estimate of drug-likeness (QED) is 0.0733. The molecule has 3 N–H and O–H groups in total. The number of aromatic nitrogens is 2. The van der Waals surface area contributed by atoms with Gasteiger partial charge in [0, 0.05) is 116 Å². The van der Waals surface area contributed by atoms with E-state index in [1.165, 1.54) is 12.0 Å². The lowest BCUT2D eigenvalue weighted by atomic mass is 9.78. The molecule has 1 aromatic heterocycles. The molecule has 490 valence electrons. The summed E-state index contributed by atoms with van der Waals surface area (Å²) in [4.78, 5) is 112. The van der Waals surface area contributed by atoms with E-state index in [2.05, 4.69) is 15.3 Å². The molecule has 0 spiro atoms. The number of anilines is 1. The molecule has 1 saturated carbocycles. The number of alkyl carbamates (subject to hydrolysis) is 1. The Hall–Kier alpha value is -5.75. The molecule has 5 aliphatic rings. The Labute approximate surface area is 520 Å². The van der Waals surface area contributed by atoms with Crippen molar-refractivity contribution in [3.8, 4) is 0 Å². The number of piperazine rings is 1. The molecule has 22 nitrogen and oxygen atoms in total. The third-order valence-electron chi connectivity index (χ3n) is 18.4. The van der Waals surface area contributed by atoms with E-state index in [9.17, 15) is 43.8 Å². The van der Waals surface area contributed by atoms with Crippen molar-refractivity contribution in [1.82, 2.24) is 25.1 Å². The number of ether oxygens (including phenoxy) is 7. The molecule has 0 aromatic carbocycles. The largest absolute Gasteiger partial charge is 0.460 e. The monoisotopic (exact) mass is 1230 g/mol. The van der Waals surface area contributed by atoms with E-state index >= 15 is 0 Å². The van der Waals surface area contributed by atoms with Crippen LogP contribution in [0.25, 0.3) is 0 Å². The van der Waals surface area contributed by atoms with E-state index in [0.29, 0.717) is 127 Å². The summed E-state index contributed by atoms with van der Waals surface area (Å²) in [6.07, 6.45) is 13.1. The van der Waals surface area contributed by atoms with Crippen LogP contribution < -0.4 is 10.2 Å². The number of cyclic esters (lactones) is 1. The maximum Gasteiger partial charge on any atom is 0.407 e. The number of carbonyl (C=O) groups excluding carboxylic acids is 7. The summed E-state index contributed by atoms with van der Waals surface area (Å²) in [5, 5.41) is 26.5. The minimum atomic E-state index is -2.47. The van der Waals surface area contributed by atoms with E-state index in [4.69, 9.17) is 33.2 Å². The minimum absolute atomic E-state index is 0.0104. The Morgan fingerprint density at radius 2 is 1.57 bits per heavy atom. The number of allylic oxidation sites excluding steroid dienone is 6. The molecule has 4 fully saturated rings. The summed E-state index contributed by atoms with van der Waals surface area (Å²) in [7, 11) is 4.49. The van der Waals surface area contributed by atoms with Gasteiger partial charge in [-0.2, -0.15) is 0 Å². The summed E-state index contributed by atoms with van der Waals surface area (Å²) in [5.74, 6) is -7.98. The fourth-order valence-corrected chi connectivity index (χ4v) is 12.8. The van der Waals surface area contributed by atoms with Crippen molar-refractivity contribution in [2.45, 2.75) is 200 Å². The molecule has 0 radical (unpaired) electrons. The van der Waals surface area contributed by atoms with Crippen LogP contribution in [0.5, 0.6) is 0 Å². The number of Topliss-reactive ketones (excluding diaryl/α,β-unsaturated/α-hetero) is 3. The van der Waals surface area contributed by atoms with Crippen LogP contribution in [0, 0.1) is 35.5 Å². The molecule has 22 heteroatoms. The first kappa shape index (κ1) is 71.3. The van der Waals surface area contributed by atoms with Crippen LogP contribution in [0.2, 0.25) is 0 Å². The van der Waals surface area contributed by atoms with Crippen LogP contribution in [0.1, 0.15) is 144 Å². The van der Waals surface area contributed by atoms with Gasteiger partial charge in [-0.05, 0) is 114 Å². The number of methoxy groups -OCH3 is 3. The number of amides is 3. The molecule has 88 heavy (non-hydrogen) atoms. The van der Waals surface area contributed by atoms with Gasteiger partial charge in [0.05, 0.1) is 31.3 Å². The number of hydrogen-bond acceptors (Lipinski definition) is 19. The van der Waals surface area contributed by atoms with E-state index in [0.717, 1.165) is 5.57 Å². The second kappa shape index (κ2) is 34.4. The van der Waals surface area contributed by atoms with E-state index < -0.39 is 102 Å². The first-order valence-electron chi connectivity index (χ1n) is 31.9. The molecule has 3 saturated heterocycles. The summed E-state index contributed by atoms with van der Waals surface area (Å²) in [5.41, 5.74) is 1.88. The third-order valence-corrected chi connectivity index (χ3v) is 18.4. The number of rotatable bonds is 14. The Balaban J connectivity index is 1.16. The number of ketones is 3. The summed E-state index contributed by atoms with van der Waals surface area (Å²) in [6, 6.07) is -1.20. The Morgan fingerprint density at radius 3 is 2.25 bits per heavy atom. The molecule has 15 atom stereocenters.